The highest BCUT2D eigenvalue weighted by atomic mass is 35.5. The van der Waals surface area contributed by atoms with Crippen LogP contribution in [0.25, 0.3) is 11.3 Å². The molecule has 0 saturated carbocycles. The van der Waals surface area contributed by atoms with Crippen molar-refractivity contribution in [3.63, 3.8) is 0 Å². The van der Waals surface area contributed by atoms with E-state index in [1.54, 1.807) is 11.8 Å². The summed E-state index contributed by atoms with van der Waals surface area (Å²) in [5, 5.41) is 5.32. The van der Waals surface area contributed by atoms with E-state index in [2.05, 4.69) is 38.9 Å². The number of thioether (sulfide) groups is 1. The van der Waals surface area contributed by atoms with Gasteiger partial charge in [-0.15, -0.1) is 11.8 Å². The molecule has 19 heavy (non-hydrogen) atoms. The maximum atomic E-state index is 6.53. The van der Waals surface area contributed by atoms with E-state index in [1.807, 2.05) is 29.1 Å². The van der Waals surface area contributed by atoms with Crippen molar-refractivity contribution in [2.75, 3.05) is 0 Å². The van der Waals surface area contributed by atoms with Gasteiger partial charge in [0.1, 0.15) is 0 Å². The van der Waals surface area contributed by atoms with E-state index >= 15 is 0 Å². The molecule has 2 nitrogen and oxygen atoms in total. The standard InChI is InChI=1S/C15H19ClN2S/c1-5-18-10-9-12(17-18)11-7-6-8-13(14(11)16)19-15(2,3)4/h6-10H,5H2,1-4H3. The monoisotopic (exact) mass is 294 g/mol. The van der Waals surface area contributed by atoms with Gasteiger partial charge in [-0.25, -0.2) is 0 Å². The van der Waals surface area contributed by atoms with Gasteiger partial charge in [-0.05, 0) is 19.1 Å². The number of nitrogens with zero attached hydrogens (tertiary/aromatic N) is 2. The maximum absolute atomic E-state index is 6.53. The molecular weight excluding hydrogens is 276 g/mol. The molecule has 2 rings (SSSR count). The molecule has 0 amide bonds. The molecule has 0 aliphatic heterocycles. The quantitative estimate of drug-likeness (QED) is 0.732. The van der Waals surface area contributed by atoms with Gasteiger partial charge >= 0.3 is 0 Å². The summed E-state index contributed by atoms with van der Waals surface area (Å²) in [6, 6.07) is 8.15. The highest BCUT2D eigenvalue weighted by Crippen LogP contribution is 2.40. The van der Waals surface area contributed by atoms with E-state index in [4.69, 9.17) is 11.6 Å². The van der Waals surface area contributed by atoms with E-state index in [-0.39, 0.29) is 4.75 Å². The fourth-order valence-electron chi connectivity index (χ4n) is 1.80. The zero-order valence-electron chi connectivity index (χ0n) is 11.8. The summed E-state index contributed by atoms with van der Waals surface area (Å²) in [5.74, 6) is 0. The van der Waals surface area contributed by atoms with E-state index in [0.29, 0.717) is 0 Å². The number of hydrogen-bond acceptors (Lipinski definition) is 2. The molecule has 1 heterocycles. The van der Waals surface area contributed by atoms with Crippen molar-refractivity contribution >= 4 is 23.4 Å². The molecule has 0 atom stereocenters. The third kappa shape index (κ3) is 3.54. The lowest BCUT2D eigenvalue weighted by atomic mass is 10.1. The van der Waals surface area contributed by atoms with Gasteiger partial charge in [-0.1, -0.05) is 44.5 Å². The smallest absolute Gasteiger partial charge is 0.0938 e. The Hall–Kier alpha value is -0.930. The Kier molecular flexibility index (Phi) is 4.26. The largest absolute Gasteiger partial charge is 0.272 e. The predicted molar refractivity (Wildman–Crippen MR) is 84.0 cm³/mol. The lowest BCUT2D eigenvalue weighted by Gasteiger charge is -2.19. The first-order valence-electron chi connectivity index (χ1n) is 6.42. The third-order valence-electron chi connectivity index (χ3n) is 2.62. The van der Waals surface area contributed by atoms with Crippen LogP contribution in [0.2, 0.25) is 5.02 Å². The van der Waals surface area contributed by atoms with Crippen molar-refractivity contribution in [2.45, 2.75) is 43.9 Å². The Balaban J connectivity index is 2.39. The summed E-state index contributed by atoms with van der Waals surface area (Å²) in [6.07, 6.45) is 1.98. The first kappa shape index (κ1) is 14.5. The van der Waals surface area contributed by atoms with Gasteiger partial charge in [0.15, 0.2) is 0 Å². The second-order valence-corrected chi connectivity index (χ2v) is 7.64. The molecule has 0 unspecified atom stereocenters. The van der Waals surface area contributed by atoms with Crippen LogP contribution in [0.4, 0.5) is 0 Å². The molecule has 0 bridgehead atoms. The lowest BCUT2D eigenvalue weighted by Crippen LogP contribution is -2.06. The van der Waals surface area contributed by atoms with Crippen molar-refractivity contribution in [2.24, 2.45) is 0 Å². The van der Waals surface area contributed by atoms with E-state index in [9.17, 15) is 0 Å². The molecule has 1 aromatic heterocycles. The van der Waals surface area contributed by atoms with Crippen LogP contribution in [0.5, 0.6) is 0 Å². The Bertz CT molecular complexity index is 570. The van der Waals surface area contributed by atoms with Crippen LogP contribution in [-0.2, 0) is 6.54 Å². The van der Waals surface area contributed by atoms with Gasteiger partial charge in [0.2, 0.25) is 0 Å². The topological polar surface area (TPSA) is 17.8 Å². The molecule has 2 aromatic rings. The predicted octanol–water partition coefficient (Wildman–Crippen LogP) is 5.11. The second-order valence-electron chi connectivity index (χ2n) is 5.39. The minimum atomic E-state index is 0.144. The average Bonchev–Trinajstić information content (AvgIpc) is 2.78. The second kappa shape index (κ2) is 5.59. The van der Waals surface area contributed by atoms with Crippen LogP contribution in [0.3, 0.4) is 0 Å². The van der Waals surface area contributed by atoms with Crippen LogP contribution in [0.15, 0.2) is 35.4 Å². The molecule has 1 aromatic carbocycles. The summed E-state index contributed by atoms with van der Waals surface area (Å²) in [5.41, 5.74) is 1.94. The summed E-state index contributed by atoms with van der Waals surface area (Å²) >= 11 is 8.31. The Morgan fingerprint density at radius 2 is 2.00 bits per heavy atom. The summed E-state index contributed by atoms with van der Waals surface area (Å²) in [7, 11) is 0. The minimum Gasteiger partial charge on any atom is -0.272 e. The molecule has 0 aliphatic carbocycles. The normalized spacial score (nSPS) is 11.8. The Labute approximate surface area is 124 Å². The van der Waals surface area contributed by atoms with Crippen LogP contribution in [0.1, 0.15) is 27.7 Å². The van der Waals surface area contributed by atoms with Crippen LogP contribution in [0, 0.1) is 0 Å². The summed E-state index contributed by atoms with van der Waals surface area (Å²) < 4.78 is 2.06. The number of aromatic nitrogens is 2. The molecule has 0 fully saturated rings. The van der Waals surface area contributed by atoms with Crippen molar-refractivity contribution in [3.8, 4) is 11.3 Å². The molecule has 4 heteroatoms. The van der Waals surface area contributed by atoms with Crippen molar-refractivity contribution in [1.82, 2.24) is 9.78 Å². The molecule has 0 spiro atoms. The number of rotatable bonds is 3. The van der Waals surface area contributed by atoms with Gasteiger partial charge < -0.3 is 0 Å². The Morgan fingerprint density at radius 1 is 1.26 bits per heavy atom. The molecule has 0 saturated heterocycles. The van der Waals surface area contributed by atoms with Crippen molar-refractivity contribution in [1.29, 1.82) is 0 Å². The molecule has 102 valence electrons. The fraction of sp³-hybridized carbons (Fsp3) is 0.400. The zero-order valence-corrected chi connectivity index (χ0v) is 13.3. The third-order valence-corrected chi connectivity index (χ3v) is 4.31. The van der Waals surface area contributed by atoms with Crippen LogP contribution < -0.4 is 0 Å². The van der Waals surface area contributed by atoms with Gasteiger partial charge in [-0.3, -0.25) is 4.68 Å². The first-order chi connectivity index (χ1) is 8.90. The highest BCUT2D eigenvalue weighted by Gasteiger charge is 2.17. The van der Waals surface area contributed by atoms with Crippen LogP contribution >= 0.6 is 23.4 Å². The maximum Gasteiger partial charge on any atom is 0.0938 e. The highest BCUT2D eigenvalue weighted by molar-refractivity contribution is 8.00. The van der Waals surface area contributed by atoms with Gasteiger partial charge in [0.25, 0.3) is 0 Å². The van der Waals surface area contributed by atoms with Gasteiger partial charge in [0, 0.05) is 27.9 Å². The molecule has 0 aliphatic rings. The van der Waals surface area contributed by atoms with Crippen molar-refractivity contribution in [3.05, 3.63) is 35.5 Å². The minimum absolute atomic E-state index is 0.144. The number of benzene rings is 1. The molecule has 0 N–H and O–H groups in total. The van der Waals surface area contributed by atoms with E-state index in [0.717, 1.165) is 27.7 Å². The van der Waals surface area contributed by atoms with Gasteiger partial charge in [-0.2, -0.15) is 5.10 Å². The number of hydrogen-bond donors (Lipinski definition) is 0. The van der Waals surface area contributed by atoms with Gasteiger partial charge in [0.05, 0.1) is 10.7 Å². The zero-order chi connectivity index (χ0) is 14.0. The lowest BCUT2D eigenvalue weighted by molar-refractivity contribution is 0.662. The molecular formula is C15H19ClN2S. The van der Waals surface area contributed by atoms with Crippen molar-refractivity contribution < 1.29 is 0 Å². The summed E-state index contributed by atoms with van der Waals surface area (Å²) in [4.78, 5) is 1.11. The first-order valence-corrected chi connectivity index (χ1v) is 7.61. The van der Waals surface area contributed by atoms with E-state index < -0.39 is 0 Å². The SMILES string of the molecule is CCn1ccc(-c2cccc(SC(C)(C)C)c2Cl)n1. The number of halogens is 1. The Morgan fingerprint density at radius 3 is 2.58 bits per heavy atom. The summed E-state index contributed by atoms with van der Waals surface area (Å²) in [6.45, 7) is 9.50. The average molecular weight is 295 g/mol. The van der Waals surface area contributed by atoms with Crippen LogP contribution in [-0.4, -0.2) is 14.5 Å². The van der Waals surface area contributed by atoms with E-state index in [1.165, 1.54) is 0 Å². The number of aryl methyl sites for hydroxylation is 1. The fourth-order valence-corrected chi connectivity index (χ4v) is 3.14. The molecule has 0 radical (unpaired) electrons.